The van der Waals surface area contributed by atoms with E-state index in [1.54, 1.807) is 6.07 Å². The first-order valence-electron chi connectivity index (χ1n) is 8.06. The zero-order valence-electron chi connectivity index (χ0n) is 14.5. The van der Waals surface area contributed by atoms with E-state index in [-0.39, 0.29) is 30.5 Å². The van der Waals surface area contributed by atoms with Crippen LogP contribution in [0, 0.1) is 12.8 Å². The van der Waals surface area contributed by atoms with E-state index in [2.05, 4.69) is 0 Å². The first-order valence-corrected chi connectivity index (χ1v) is 9.66. The van der Waals surface area contributed by atoms with Crippen LogP contribution in [-0.4, -0.2) is 67.7 Å². The summed E-state index contributed by atoms with van der Waals surface area (Å²) in [5, 5.41) is 11.0. The molecule has 2 aromatic rings. The van der Waals surface area contributed by atoms with Gasteiger partial charge in [0, 0.05) is 38.5 Å². The van der Waals surface area contributed by atoms with E-state index < -0.39 is 22.0 Å². The molecule has 1 N–H and O–H groups in total. The Kier molecular flexibility index (Phi) is 4.61. The Hall–Kier alpha value is -1.90. The van der Waals surface area contributed by atoms with Crippen LogP contribution in [0.15, 0.2) is 28.7 Å². The maximum atomic E-state index is 12.7. The lowest BCUT2D eigenvalue weighted by molar-refractivity contribution is 0.0736. The number of benzene rings is 1. The van der Waals surface area contributed by atoms with Crippen molar-refractivity contribution in [3.8, 4) is 0 Å². The van der Waals surface area contributed by atoms with Gasteiger partial charge in [0.25, 0.3) is 5.91 Å². The average molecular weight is 366 g/mol. The normalized spacial score (nSPS) is 21.4. The van der Waals surface area contributed by atoms with Crippen LogP contribution in [0.2, 0.25) is 0 Å². The van der Waals surface area contributed by atoms with Gasteiger partial charge in [-0.25, -0.2) is 12.7 Å². The molecular formula is C17H22N2O5S. The van der Waals surface area contributed by atoms with Crippen LogP contribution < -0.4 is 0 Å². The number of aryl methyl sites for hydroxylation is 1. The smallest absolute Gasteiger partial charge is 0.289 e. The van der Waals surface area contributed by atoms with Crippen molar-refractivity contribution in [3.63, 3.8) is 0 Å². The standard InChI is InChI=1S/C17H22N2O5S/c1-11-5-4-6-12-7-15(24-16(11)12)17(21)19-8-13(14(20)9-19)10-25(22,23)18(2)3/h4-7,13-14,20H,8-10H2,1-3H3/t13-,14-/m0/s1. The maximum absolute atomic E-state index is 12.7. The minimum atomic E-state index is -3.44. The van der Waals surface area contributed by atoms with Gasteiger partial charge in [0.2, 0.25) is 10.0 Å². The van der Waals surface area contributed by atoms with Gasteiger partial charge in [0.05, 0.1) is 11.9 Å². The number of fused-ring (bicyclic) bond motifs is 1. The number of carbonyl (C=O) groups excluding carboxylic acids is 1. The molecule has 0 bridgehead atoms. The fourth-order valence-electron chi connectivity index (χ4n) is 3.07. The van der Waals surface area contributed by atoms with E-state index in [1.807, 2.05) is 25.1 Å². The lowest BCUT2D eigenvalue weighted by atomic mass is 10.1. The van der Waals surface area contributed by atoms with E-state index in [4.69, 9.17) is 4.42 Å². The van der Waals surface area contributed by atoms with Gasteiger partial charge in [-0.3, -0.25) is 4.79 Å². The number of likely N-dealkylation sites (tertiary alicyclic amines) is 1. The molecule has 2 atom stereocenters. The fourth-order valence-corrected chi connectivity index (χ4v) is 4.24. The number of furan rings is 1. The Labute approximate surface area is 146 Å². The molecule has 8 heteroatoms. The number of sulfonamides is 1. The Bertz CT molecular complexity index is 903. The zero-order chi connectivity index (χ0) is 18.4. The van der Waals surface area contributed by atoms with E-state index in [9.17, 15) is 18.3 Å². The van der Waals surface area contributed by atoms with Gasteiger partial charge in [0.15, 0.2) is 5.76 Å². The number of para-hydroxylation sites is 1. The summed E-state index contributed by atoms with van der Waals surface area (Å²) in [6.07, 6.45) is -0.871. The quantitative estimate of drug-likeness (QED) is 0.874. The molecule has 1 aliphatic heterocycles. The Balaban J connectivity index is 1.78. The molecule has 1 amide bonds. The van der Waals surface area contributed by atoms with E-state index in [0.717, 1.165) is 15.3 Å². The van der Waals surface area contributed by atoms with Crippen molar-refractivity contribution in [2.75, 3.05) is 32.9 Å². The molecule has 25 heavy (non-hydrogen) atoms. The third kappa shape index (κ3) is 3.42. The van der Waals surface area contributed by atoms with Crippen molar-refractivity contribution in [2.24, 2.45) is 5.92 Å². The van der Waals surface area contributed by atoms with Crippen LogP contribution in [0.3, 0.4) is 0 Å². The summed E-state index contributed by atoms with van der Waals surface area (Å²) >= 11 is 0. The summed E-state index contributed by atoms with van der Waals surface area (Å²) in [6.45, 7) is 2.19. The Morgan fingerprint density at radius 2 is 2.08 bits per heavy atom. The van der Waals surface area contributed by atoms with E-state index >= 15 is 0 Å². The van der Waals surface area contributed by atoms with Crippen LogP contribution in [0.4, 0.5) is 0 Å². The van der Waals surface area contributed by atoms with Gasteiger partial charge >= 0.3 is 0 Å². The first kappa shape index (κ1) is 17.9. The molecule has 1 fully saturated rings. The van der Waals surface area contributed by atoms with Crippen LogP contribution in [-0.2, 0) is 10.0 Å². The van der Waals surface area contributed by atoms with Crippen molar-refractivity contribution in [2.45, 2.75) is 13.0 Å². The summed E-state index contributed by atoms with van der Waals surface area (Å²) in [7, 11) is -0.533. The largest absolute Gasteiger partial charge is 0.451 e. The molecule has 1 aromatic carbocycles. The highest BCUT2D eigenvalue weighted by Gasteiger charge is 2.38. The van der Waals surface area contributed by atoms with E-state index in [0.29, 0.717) is 5.58 Å². The third-order valence-corrected chi connectivity index (χ3v) is 6.59. The van der Waals surface area contributed by atoms with Gasteiger partial charge in [-0.1, -0.05) is 18.2 Å². The Morgan fingerprint density at radius 3 is 2.72 bits per heavy atom. The molecule has 136 valence electrons. The number of hydrogen-bond donors (Lipinski definition) is 1. The van der Waals surface area contributed by atoms with Gasteiger partial charge < -0.3 is 14.4 Å². The second-order valence-electron chi connectivity index (χ2n) is 6.70. The van der Waals surface area contributed by atoms with Gasteiger partial charge in [-0.2, -0.15) is 0 Å². The van der Waals surface area contributed by atoms with Crippen LogP contribution in [0.5, 0.6) is 0 Å². The molecule has 2 heterocycles. The molecular weight excluding hydrogens is 344 g/mol. The average Bonchev–Trinajstić information content (AvgIpc) is 3.11. The summed E-state index contributed by atoms with van der Waals surface area (Å²) in [6, 6.07) is 7.35. The highest BCUT2D eigenvalue weighted by Crippen LogP contribution is 2.26. The molecule has 0 radical (unpaired) electrons. The highest BCUT2D eigenvalue weighted by molar-refractivity contribution is 7.89. The van der Waals surface area contributed by atoms with Gasteiger partial charge in [-0.15, -0.1) is 0 Å². The number of hydrogen-bond acceptors (Lipinski definition) is 5. The zero-order valence-corrected chi connectivity index (χ0v) is 15.3. The minimum Gasteiger partial charge on any atom is -0.451 e. The van der Waals surface area contributed by atoms with Crippen molar-refractivity contribution in [3.05, 3.63) is 35.6 Å². The van der Waals surface area contributed by atoms with Gasteiger partial charge in [-0.05, 0) is 18.6 Å². The molecule has 3 rings (SSSR count). The molecule has 0 spiro atoms. The molecule has 7 nitrogen and oxygen atoms in total. The van der Waals surface area contributed by atoms with Crippen molar-refractivity contribution >= 4 is 26.9 Å². The van der Waals surface area contributed by atoms with E-state index in [1.165, 1.54) is 19.0 Å². The summed E-state index contributed by atoms with van der Waals surface area (Å²) in [5.74, 6) is -0.834. The lowest BCUT2D eigenvalue weighted by Crippen LogP contribution is -2.33. The minimum absolute atomic E-state index is 0.0997. The molecule has 0 aliphatic carbocycles. The predicted octanol–water partition coefficient (Wildman–Crippen LogP) is 1.07. The number of nitrogens with zero attached hydrogens (tertiary/aromatic N) is 2. The molecule has 0 saturated carbocycles. The van der Waals surface area contributed by atoms with Crippen LogP contribution in [0.1, 0.15) is 16.1 Å². The maximum Gasteiger partial charge on any atom is 0.289 e. The number of aliphatic hydroxyl groups is 1. The predicted molar refractivity (Wildman–Crippen MR) is 93.8 cm³/mol. The number of rotatable bonds is 4. The summed E-state index contributed by atoms with van der Waals surface area (Å²) in [5.41, 5.74) is 1.60. The Morgan fingerprint density at radius 1 is 1.36 bits per heavy atom. The number of carbonyl (C=O) groups is 1. The third-order valence-electron chi connectivity index (χ3n) is 4.63. The van der Waals surface area contributed by atoms with Crippen LogP contribution in [0.25, 0.3) is 11.0 Å². The second kappa shape index (κ2) is 6.44. The summed E-state index contributed by atoms with van der Waals surface area (Å²) in [4.78, 5) is 14.1. The molecule has 0 unspecified atom stereocenters. The van der Waals surface area contributed by atoms with Crippen LogP contribution >= 0.6 is 0 Å². The van der Waals surface area contributed by atoms with Crippen molar-refractivity contribution in [1.29, 1.82) is 0 Å². The first-order chi connectivity index (χ1) is 11.7. The number of amides is 1. The molecule has 1 aliphatic rings. The molecule has 1 saturated heterocycles. The monoisotopic (exact) mass is 366 g/mol. The van der Waals surface area contributed by atoms with Crippen molar-refractivity contribution in [1.82, 2.24) is 9.21 Å². The second-order valence-corrected chi connectivity index (χ2v) is 8.93. The number of aliphatic hydroxyl groups excluding tert-OH is 1. The highest BCUT2D eigenvalue weighted by atomic mass is 32.2. The SMILES string of the molecule is Cc1cccc2cc(C(=O)N3C[C@@H](CS(=O)(=O)N(C)C)[C@@H](O)C3)oc12. The topological polar surface area (TPSA) is 91.1 Å². The lowest BCUT2D eigenvalue weighted by Gasteiger charge is -2.17. The molecule has 1 aromatic heterocycles. The van der Waals surface area contributed by atoms with Gasteiger partial charge in [0.1, 0.15) is 5.58 Å². The van der Waals surface area contributed by atoms with Crippen molar-refractivity contribution < 1.29 is 22.7 Å². The number of β-amino-alcohol motifs (C(OH)–C–C–N with tert-alkyl or cyclic N) is 1. The fraction of sp³-hybridized carbons (Fsp3) is 0.471. The summed E-state index contributed by atoms with van der Waals surface area (Å²) < 4.78 is 30.9.